The van der Waals surface area contributed by atoms with Crippen LogP contribution < -0.4 is 5.32 Å². The summed E-state index contributed by atoms with van der Waals surface area (Å²) in [6.07, 6.45) is 1.55. The van der Waals surface area contributed by atoms with E-state index in [0.29, 0.717) is 6.61 Å². The number of furan rings is 1. The molecule has 0 saturated heterocycles. The number of carbonyl (C=O) groups is 2. The monoisotopic (exact) mass is 323 g/mol. The van der Waals surface area contributed by atoms with Crippen LogP contribution in [0.25, 0.3) is 21.9 Å². The van der Waals surface area contributed by atoms with Gasteiger partial charge >= 0.3 is 5.97 Å². The van der Waals surface area contributed by atoms with Gasteiger partial charge < -0.3 is 14.5 Å². The lowest BCUT2D eigenvalue weighted by Crippen LogP contribution is -2.05. The van der Waals surface area contributed by atoms with Crippen molar-refractivity contribution in [1.29, 1.82) is 0 Å². The molecule has 1 aromatic heterocycles. The third kappa shape index (κ3) is 3.15. The van der Waals surface area contributed by atoms with E-state index < -0.39 is 5.97 Å². The Hall–Kier alpha value is -3.08. The van der Waals surface area contributed by atoms with Gasteiger partial charge in [-0.3, -0.25) is 4.79 Å². The standard InChI is InChI=1S/C19H17NO4/c1-3-23-19(22)18-17-9-6-14(10-15(17)11-24-18)13-4-7-16(8-5-13)20-12(2)21/h4-11H,3H2,1-2H3,(H,20,21). The number of rotatable bonds is 4. The van der Waals surface area contributed by atoms with Gasteiger partial charge in [0.25, 0.3) is 0 Å². The molecule has 3 aromatic rings. The van der Waals surface area contributed by atoms with E-state index in [-0.39, 0.29) is 11.7 Å². The van der Waals surface area contributed by atoms with Crippen LogP contribution in [0.1, 0.15) is 24.4 Å². The molecule has 1 N–H and O–H groups in total. The largest absolute Gasteiger partial charge is 0.460 e. The third-order valence-electron chi connectivity index (χ3n) is 3.60. The Morgan fingerprint density at radius 2 is 1.79 bits per heavy atom. The van der Waals surface area contributed by atoms with Gasteiger partial charge in [-0.15, -0.1) is 0 Å². The molecule has 5 heteroatoms. The van der Waals surface area contributed by atoms with Crippen LogP contribution in [0.5, 0.6) is 0 Å². The second-order valence-corrected chi connectivity index (χ2v) is 5.35. The highest BCUT2D eigenvalue weighted by molar-refractivity contribution is 6.03. The number of nitrogens with one attached hydrogen (secondary N) is 1. The average Bonchev–Trinajstić information content (AvgIpc) is 2.98. The summed E-state index contributed by atoms with van der Waals surface area (Å²) in [4.78, 5) is 22.9. The minimum absolute atomic E-state index is 0.103. The van der Waals surface area contributed by atoms with Gasteiger partial charge in [0.05, 0.1) is 12.9 Å². The maximum Gasteiger partial charge on any atom is 0.374 e. The Kier molecular flexibility index (Phi) is 4.33. The Balaban J connectivity index is 1.91. The molecule has 0 radical (unpaired) electrons. The summed E-state index contributed by atoms with van der Waals surface area (Å²) < 4.78 is 10.3. The lowest BCUT2D eigenvalue weighted by Gasteiger charge is -2.05. The van der Waals surface area contributed by atoms with E-state index in [1.165, 1.54) is 6.92 Å². The summed E-state index contributed by atoms with van der Waals surface area (Å²) in [5.41, 5.74) is 2.75. The summed E-state index contributed by atoms with van der Waals surface area (Å²) >= 11 is 0. The van der Waals surface area contributed by atoms with Gasteiger partial charge in [-0.25, -0.2) is 4.79 Å². The molecule has 2 aromatic carbocycles. The minimum atomic E-state index is -0.458. The van der Waals surface area contributed by atoms with Crippen LogP contribution in [0.15, 0.2) is 53.1 Å². The van der Waals surface area contributed by atoms with Crippen molar-refractivity contribution in [2.45, 2.75) is 13.8 Å². The van der Waals surface area contributed by atoms with Crippen molar-refractivity contribution >= 4 is 28.3 Å². The molecular weight excluding hydrogens is 306 g/mol. The van der Waals surface area contributed by atoms with Crippen molar-refractivity contribution in [2.24, 2.45) is 0 Å². The molecule has 0 spiro atoms. The Bertz CT molecular complexity index is 893. The fourth-order valence-electron chi connectivity index (χ4n) is 2.54. The fraction of sp³-hybridized carbons (Fsp3) is 0.158. The number of hydrogen-bond acceptors (Lipinski definition) is 4. The fourth-order valence-corrected chi connectivity index (χ4v) is 2.54. The van der Waals surface area contributed by atoms with Crippen molar-refractivity contribution < 1.29 is 18.7 Å². The van der Waals surface area contributed by atoms with Crippen LogP contribution in [0.3, 0.4) is 0 Å². The van der Waals surface area contributed by atoms with Gasteiger partial charge in [0.2, 0.25) is 11.7 Å². The lowest BCUT2D eigenvalue weighted by atomic mass is 10.0. The molecule has 0 fully saturated rings. The van der Waals surface area contributed by atoms with Crippen molar-refractivity contribution in [3.05, 3.63) is 54.5 Å². The van der Waals surface area contributed by atoms with Gasteiger partial charge in [-0.05, 0) is 42.3 Å². The second-order valence-electron chi connectivity index (χ2n) is 5.35. The number of benzene rings is 2. The maximum atomic E-state index is 11.8. The molecule has 122 valence electrons. The molecule has 0 aliphatic rings. The van der Waals surface area contributed by atoms with E-state index >= 15 is 0 Å². The number of ether oxygens (including phenoxy) is 1. The molecule has 0 aliphatic carbocycles. The minimum Gasteiger partial charge on any atom is -0.460 e. The molecule has 1 heterocycles. The number of esters is 1. The van der Waals surface area contributed by atoms with Gasteiger partial charge in [0.15, 0.2) is 0 Å². The molecule has 5 nitrogen and oxygen atoms in total. The molecule has 0 atom stereocenters. The zero-order chi connectivity index (χ0) is 17.1. The molecule has 1 amide bonds. The predicted octanol–water partition coefficient (Wildman–Crippen LogP) is 4.23. The zero-order valence-electron chi connectivity index (χ0n) is 13.5. The molecular formula is C19H17NO4. The van der Waals surface area contributed by atoms with Gasteiger partial charge in [0, 0.05) is 23.4 Å². The molecule has 0 unspecified atom stereocenters. The van der Waals surface area contributed by atoms with Gasteiger partial charge in [-0.2, -0.15) is 0 Å². The summed E-state index contributed by atoms with van der Waals surface area (Å²) in [5.74, 6) is -0.339. The molecule has 0 saturated carbocycles. The predicted molar refractivity (Wildman–Crippen MR) is 91.9 cm³/mol. The first-order valence-electron chi connectivity index (χ1n) is 7.65. The molecule has 0 aliphatic heterocycles. The first-order valence-corrected chi connectivity index (χ1v) is 7.65. The summed E-state index contributed by atoms with van der Waals surface area (Å²) in [7, 11) is 0. The average molecular weight is 323 g/mol. The first kappa shape index (κ1) is 15.8. The Morgan fingerprint density at radius 3 is 2.46 bits per heavy atom. The molecule has 3 rings (SSSR count). The Morgan fingerprint density at radius 1 is 1.08 bits per heavy atom. The topological polar surface area (TPSA) is 68.5 Å². The smallest absolute Gasteiger partial charge is 0.374 e. The second kappa shape index (κ2) is 6.58. The first-order chi connectivity index (χ1) is 11.6. The third-order valence-corrected chi connectivity index (χ3v) is 3.60. The zero-order valence-corrected chi connectivity index (χ0v) is 13.5. The lowest BCUT2D eigenvalue weighted by molar-refractivity contribution is -0.114. The van der Waals surface area contributed by atoms with E-state index in [0.717, 1.165) is 27.6 Å². The van der Waals surface area contributed by atoms with E-state index in [9.17, 15) is 9.59 Å². The van der Waals surface area contributed by atoms with Crippen molar-refractivity contribution in [2.75, 3.05) is 11.9 Å². The highest BCUT2D eigenvalue weighted by Gasteiger charge is 2.16. The van der Waals surface area contributed by atoms with Crippen LogP contribution >= 0.6 is 0 Å². The molecule has 0 bridgehead atoms. The number of anilines is 1. The number of amides is 1. The maximum absolute atomic E-state index is 11.8. The summed E-state index contributed by atoms with van der Waals surface area (Å²) in [6, 6.07) is 13.3. The number of carbonyl (C=O) groups excluding carboxylic acids is 2. The summed E-state index contributed by atoms with van der Waals surface area (Å²) in [5, 5.41) is 4.30. The Labute approximate surface area is 139 Å². The van der Waals surface area contributed by atoms with Gasteiger partial charge in [0.1, 0.15) is 0 Å². The SMILES string of the molecule is CCOC(=O)c1occ2cc(-c3ccc(NC(C)=O)cc3)ccc12. The van der Waals surface area contributed by atoms with Crippen LogP contribution in [0.4, 0.5) is 5.69 Å². The van der Waals surface area contributed by atoms with Crippen LogP contribution in [-0.4, -0.2) is 18.5 Å². The quantitative estimate of drug-likeness (QED) is 0.729. The van der Waals surface area contributed by atoms with Crippen LogP contribution in [-0.2, 0) is 9.53 Å². The number of hydrogen-bond donors (Lipinski definition) is 1. The van der Waals surface area contributed by atoms with Crippen molar-refractivity contribution in [3.63, 3.8) is 0 Å². The van der Waals surface area contributed by atoms with Gasteiger partial charge in [-0.1, -0.05) is 18.2 Å². The van der Waals surface area contributed by atoms with Crippen molar-refractivity contribution in [3.8, 4) is 11.1 Å². The summed E-state index contributed by atoms with van der Waals surface area (Å²) in [6.45, 7) is 3.54. The van der Waals surface area contributed by atoms with Crippen LogP contribution in [0.2, 0.25) is 0 Å². The highest BCUT2D eigenvalue weighted by Crippen LogP contribution is 2.28. The van der Waals surface area contributed by atoms with Crippen LogP contribution in [0, 0.1) is 0 Å². The van der Waals surface area contributed by atoms with E-state index in [1.807, 2.05) is 42.5 Å². The van der Waals surface area contributed by atoms with Crippen molar-refractivity contribution in [1.82, 2.24) is 0 Å². The molecule has 24 heavy (non-hydrogen) atoms. The number of fused-ring (bicyclic) bond motifs is 1. The van der Waals surface area contributed by atoms with E-state index in [1.54, 1.807) is 13.2 Å². The normalized spacial score (nSPS) is 10.6. The van der Waals surface area contributed by atoms with E-state index in [4.69, 9.17) is 9.15 Å². The highest BCUT2D eigenvalue weighted by atomic mass is 16.5. The van der Waals surface area contributed by atoms with E-state index in [2.05, 4.69) is 5.32 Å².